The number of rotatable bonds is 6. The number of nitro benzene ring substituents is 1. The number of nitro groups is 1. The number of carbonyl (C=O) groups excluding carboxylic acids is 1. The Hall–Kier alpha value is -3.68. The average Bonchev–Trinajstić information content (AvgIpc) is 2.95. The Labute approximate surface area is 168 Å². The molecule has 0 atom stereocenters. The summed E-state index contributed by atoms with van der Waals surface area (Å²) in [6.45, 7) is 7.08. The van der Waals surface area contributed by atoms with Gasteiger partial charge in [0.2, 0.25) is 0 Å². The number of nitrogens with one attached hydrogen (secondary N) is 1. The van der Waals surface area contributed by atoms with Crippen LogP contribution in [-0.4, -0.2) is 27.2 Å². The number of anilines is 1. The average molecular weight is 394 g/mol. The zero-order chi connectivity index (χ0) is 21.1. The van der Waals surface area contributed by atoms with E-state index in [1.54, 1.807) is 24.6 Å². The highest BCUT2D eigenvalue weighted by molar-refractivity contribution is 5.93. The highest BCUT2D eigenvalue weighted by Gasteiger charge is 2.18. The van der Waals surface area contributed by atoms with E-state index in [4.69, 9.17) is 4.74 Å². The Kier molecular flexibility index (Phi) is 5.63. The van der Waals surface area contributed by atoms with Gasteiger partial charge in [-0.2, -0.15) is 5.10 Å². The zero-order valence-corrected chi connectivity index (χ0v) is 16.7. The summed E-state index contributed by atoms with van der Waals surface area (Å²) in [7, 11) is 0. The number of aryl methyl sites for hydroxylation is 3. The lowest BCUT2D eigenvalue weighted by atomic mass is 10.2. The van der Waals surface area contributed by atoms with Crippen LogP contribution in [0.3, 0.4) is 0 Å². The molecule has 2 aromatic carbocycles. The molecule has 0 spiro atoms. The minimum Gasteiger partial charge on any atom is -0.477 e. The highest BCUT2D eigenvalue weighted by Crippen LogP contribution is 2.28. The van der Waals surface area contributed by atoms with Crippen molar-refractivity contribution in [3.8, 4) is 11.4 Å². The summed E-state index contributed by atoms with van der Waals surface area (Å²) in [5.41, 5.74) is 4.64. The highest BCUT2D eigenvalue weighted by atomic mass is 16.6. The van der Waals surface area contributed by atoms with E-state index in [-0.39, 0.29) is 18.0 Å². The molecular weight excluding hydrogens is 372 g/mol. The zero-order valence-electron chi connectivity index (χ0n) is 16.7. The van der Waals surface area contributed by atoms with Gasteiger partial charge in [-0.05, 0) is 51.5 Å². The van der Waals surface area contributed by atoms with E-state index in [9.17, 15) is 14.9 Å². The lowest BCUT2D eigenvalue weighted by Crippen LogP contribution is -2.21. The van der Waals surface area contributed by atoms with Gasteiger partial charge in [0, 0.05) is 6.07 Å². The van der Waals surface area contributed by atoms with Crippen molar-refractivity contribution in [2.24, 2.45) is 0 Å². The summed E-state index contributed by atoms with van der Waals surface area (Å²) in [5.74, 6) is -0.367. The minimum atomic E-state index is -0.528. The first-order chi connectivity index (χ1) is 13.8. The molecule has 0 fully saturated rings. The first-order valence-corrected chi connectivity index (χ1v) is 9.07. The summed E-state index contributed by atoms with van der Waals surface area (Å²) in [5, 5.41) is 18.5. The first-order valence-electron chi connectivity index (χ1n) is 9.07. The number of hydrogen-bond acceptors (Lipinski definition) is 5. The van der Waals surface area contributed by atoms with Crippen molar-refractivity contribution in [3.05, 3.63) is 75.1 Å². The first kappa shape index (κ1) is 20.1. The van der Waals surface area contributed by atoms with Crippen molar-refractivity contribution >= 4 is 17.3 Å². The van der Waals surface area contributed by atoms with Crippen LogP contribution in [0.4, 0.5) is 11.4 Å². The summed E-state index contributed by atoms with van der Waals surface area (Å²) >= 11 is 0. The molecule has 0 radical (unpaired) electrons. The van der Waals surface area contributed by atoms with E-state index in [2.05, 4.69) is 10.4 Å². The molecule has 1 N–H and O–H groups in total. The van der Waals surface area contributed by atoms with Crippen LogP contribution < -0.4 is 10.1 Å². The molecule has 3 rings (SSSR count). The van der Waals surface area contributed by atoms with Crippen LogP contribution in [0.5, 0.6) is 5.75 Å². The molecule has 29 heavy (non-hydrogen) atoms. The quantitative estimate of drug-likeness (QED) is 0.503. The van der Waals surface area contributed by atoms with Crippen molar-refractivity contribution < 1.29 is 14.5 Å². The maximum absolute atomic E-state index is 12.4. The van der Waals surface area contributed by atoms with Gasteiger partial charge in [0.15, 0.2) is 12.4 Å². The summed E-state index contributed by atoms with van der Waals surface area (Å²) in [6.07, 6.45) is 0. The van der Waals surface area contributed by atoms with Crippen molar-refractivity contribution in [2.75, 3.05) is 11.9 Å². The molecule has 0 aliphatic rings. The Morgan fingerprint density at radius 3 is 2.41 bits per heavy atom. The van der Waals surface area contributed by atoms with Gasteiger partial charge in [-0.1, -0.05) is 23.8 Å². The van der Waals surface area contributed by atoms with Crippen LogP contribution >= 0.6 is 0 Å². The Morgan fingerprint density at radius 2 is 1.76 bits per heavy atom. The number of hydrogen-bond donors (Lipinski definition) is 1. The predicted octanol–water partition coefficient (Wildman–Crippen LogP) is 4.03. The van der Waals surface area contributed by atoms with Crippen LogP contribution in [-0.2, 0) is 4.79 Å². The van der Waals surface area contributed by atoms with Gasteiger partial charge in [0.1, 0.15) is 0 Å². The number of carbonyl (C=O) groups is 1. The van der Waals surface area contributed by atoms with Gasteiger partial charge in [-0.3, -0.25) is 14.9 Å². The molecule has 8 nitrogen and oxygen atoms in total. The molecule has 150 valence electrons. The predicted molar refractivity (Wildman–Crippen MR) is 110 cm³/mol. The van der Waals surface area contributed by atoms with Crippen LogP contribution in [0.15, 0.2) is 42.5 Å². The van der Waals surface area contributed by atoms with Gasteiger partial charge in [-0.15, -0.1) is 0 Å². The second-order valence-corrected chi connectivity index (χ2v) is 6.86. The lowest BCUT2D eigenvalue weighted by Gasteiger charge is -2.09. The van der Waals surface area contributed by atoms with E-state index in [0.29, 0.717) is 11.4 Å². The summed E-state index contributed by atoms with van der Waals surface area (Å²) < 4.78 is 7.15. The third-order valence-corrected chi connectivity index (χ3v) is 4.50. The molecule has 3 aromatic rings. The van der Waals surface area contributed by atoms with Crippen LogP contribution in [0.2, 0.25) is 0 Å². The molecular formula is C21H22N4O4. The van der Waals surface area contributed by atoms with E-state index in [1.807, 2.05) is 38.1 Å². The molecule has 0 saturated carbocycles. The van der Waals surface area contributed by atoms with Gasteiger partial charge >= 0.3 is 5.69 Å². The van der Waals surface area contributed by atoms with E-state index >= 15 is 0 Å². The number of benzene rings is 2. The molecule has 0 unspecified atom stereocenters. The number of ether oxygens (including phenoxy) is 1. The Balaban J connectivity index is 1.73. The molecule has 0 saturated heterocycles. The number of amides is 1. The van der Waals surface area contributed by atoms with Crippen molar-refractivity contribution in [3.63, 3.8) is 0 Å². The molecule has 0 bridgehead atoms. The van der Waals surface area contributed by atoms with E-state index in [0.717, 1.165) is 22.5 Å². The second-order valence-electron chi connectivity index (χ2n) is 6.86. The third kappa shape index (κ3) is 4.43. The molecule has 1 heterocycles. The number of nitrogens with zero attached hydrogens (tertiary/aromatic N) is 3. The second kappa shape index (κ2) is 8.14. The Bertz CT molecular complexity index is 1070. The van der Waals surface area contributed by atoms with Gasteiger partial charge < -0.3 is 10.1 Å². The summed E-state index contributed by atoms with van der Waals surface area (Å²) in [6, 6.07) is 12.5. The van der Waals surface area contributed by atoms with Crippen molar-refractivity contribution in [1.82, 2.24) is 9.78 Å². The molecule has 8 heteroatoms. The maximum atomic E-state index is 12.4. The van der Waals surface area contributed by atoms with E-state index in [1.165, 1.54) is 12.1 Å². The largest absolute Gasteiger partial charge is 0.477 e. The van der Waals surface area contributed by atoms with Gasteiger partial charge in [-0.25, -0.2) is 4.68 Å². The van der Waals surface area contributed by atoms with Crippen LogP contribution in [0, 0.1) is 37.8 Å². The molecule has 1 aromatic heterocycles. The van der Waals surface area contributed by atoms with Gasteiger partial charge in [0.05, 0.1) is 27.7 Å². The topological polar surface area (TPSA) is 99.3 Å². The minimum absolute atomic E-state index is 0.0551. The fourth-order valence-electron chi connectivity index (χ4n) is 2.97. The van der Waals surface area contributed by atoms with Crippen LogP contribution in [0.1, 0.15) is 22.5 Å². The van der Waals surface area contributed by atoms with Gasteiger partial charge in [0.25, 0.3) is 5.91 Å². The molecule has 0 aliphatic carbocycles. The number of aromatic nitrogens is 2. The summed E-state index contributed by atoms with van der Waals surface area (Å²) in [4.78, 5) is 23.0. The SMILES string of the molecule is Cc1ccc(-n2nc(C)c(NC(=O)COc3ccc(C)cc3[N+](=O)[O-])c2C)cc1. The normalized spacial score (nSPS) is 10.6. The van der Waals surface area contributed by atoms with E-state index < -0.39 is 10.8 Å². The maximum Gasteiger partial charge on any atom is 0.311 e. The van der Waals surface area contributed by atoms with Crippen LogP contribution in [0.25, 0.3) is 5.69 Å². The fraction of sp³-hybridized carbons (Fsp3) is 0.238. The molecule has 1 amide bonds. The molecule has 0 aliphatic heterocycles. The Morgan fingerprint density at radius 1 is 1.10 bits per heavy atom. The standard InChI is InChI=1S/C21H22N4O4/c1-13-5-8-17(9-6-13)24-16(4)21(15(3)23-24)22-20(26)12-29-19-10-7-14(2)11-18(19)25(27)28/h5-11H,12H2,1-4H3,(H,22,26). The van der Waals surface area contributed by atoms with Crippen molar-refractivity contribution in [1.29, 1.82) is 0 Å². The fourth-order valence-corrected chi connectivity index (χ4v) is 2.97. The van der Waals surface area contributed by atoms with Crippen molar-refractivity contribution in [2.45, 2.75) is 27.7 Å². The lowest BCUT2D eigenvalue weighted by molar-refractivity contribution is -0.385. The monoisotopic (exact) mass is 394 g/mol. The third-order valence-electron chi connectivity index (χ3n) is 4.50. The smallest absolute Gasteiger partial charge is 0.311 e.